The number of amides is 1. The van der Waals surface area contributed by atoms with Crippen molar-refractivity contribution < 1.29 is 19.6 Å². The Bertz CT molecular complexity index is 580. The van der Waals surface area contributed by atoms with Gasteiger partial charge in [-0.15, -0.1) is 0 Å². The maximum Gasteiger partial charge on any atom is 0.303 e. The van der Waals surface area contributed by atoms with E-state index in [1.165, 1.54) is 0 Å². The average molecular weight is 283 g/mol. The van der Waals surface area contributed by atoms with Gasteiger partial charge in [0, 0.05) is 19.0 Å². The van der Waals surface area contributed by atoms with E-state index < -0.39 is 22.4 Å². The minimum Gasteiger partial charge on any atom is -0.481 e. The molecule has 3 N–H and O–H groups in total. The molecule has 1 rings (SSSR count). The van der Waals surface area contributed by atoms with Crippen molar-refractivity contribution in [2.24, 2.45) is 0 Å². The Hall–Kier alpha value is -2.71. The number of aromatic nitrogens is 1. The molecule has 0 fully saturated rings. The van der Waals surface area contributed by atoms with Crippen LogP contribution in [0.1, 0.15) is 29.6 Å². The minimum atomic E-state index is -0.925. The molecule has 1 heterocycles. The number of unbranched alkanes of at least 4 members (excludes halogenated alkanes) is 1. The van der Waals surface area contributed by atoms with Gasteiger partial charge in [0.2, 0.25) is 0 Å². The Labute approximate surface area is 112 Å². The quantitative estimate of drug-likeness (QED) is 0.372. The number of carbonyl (C=O) groups excluding carboxylic acids is 1. The molecule has 0 spiro atoms. The van der Waals surface area contributed by atoms with Gasteiger partial charge in [0.25, 0.3) is 17.2 Å². The van der Waals surface area contributed by atoms with Gasteiger partial charge >= 0.3 is 5.97 Å². The fourth-order valence-electron chi connectivity index (χ4n) is 1.44. The summed E-state index contributed by atoms with van der Waals surface area (Å²) in [5.74, 6) is -1.66. The number of H-pyrrole nitrogens is 1. The van der Waals surface area contributed by atoms with Gasteiger partial charge in [-0.3, -0.25) is 24.5 Å². The van der Waals surface area contributed by atoms with Crippen LogP contribution in [0.3, 0.4) is 0 Å². The molecule has 0 saturated heterocycles. The van der Waals surface area contributed by atoms with Gasteiger partial charge in [0.15, 0.2) is 0 Å². The van der Waals surface area contributed by atoms with Crippen molar-refractivity contribution in [3.63, 3.8) is 0 Å². The average Bonchev–Trinajstić information content (AvgIpc) is 2.37. The number of carboxylic acid groups (broad SMARTS) is 1. The number of aliphatic carboxylic acids is 1. The molecule has 1 aromatic heterocycles. The number of rotatable bonds is 7. The number of aromatic amines is 1. The third kappa shape index (κ3) is 4.52. The smallest absolute Gasteiger partial charge is 0.303 e. The number of pyridine rings is 1. The second kappa shape index (κ2) is 7.02. The molecule has 0 saturated carbocycles. The standard InChI is InChI=1S/C11H13N3O6/c15-9(16)3-1-2-4-12-10(17)8-5-7(14(19)20)6-13-11(8)18/h5-6H,1-4H2,(H,12,17)(H,13,18)(H,15,16). The number of nitro groups is 1. The number of hydrogen-bond donors (Lipinski definition) is 3. The van der Waals surface area contributed by atoms with Gasteiger partial charge in [0.1, 0.15) is 5.56 Å². The molecule has 9 heteroatoms. The van der Waals surface area contributed by atoms with Crippen molar-refractivity contribution in [1.82, 2.24) is 10.3 Å². The van der Waals surface area contributed by atoms with Gasteiger partial charge in [0.05, 0.1) is 11.1 Å². The van der Waals surface area contributed by atoms with Crippen molar-refractivity contribution in [3.8, 4) is 0 Å². The molecule has 0 unspecified atom stereocenters. The van der Waals surface area contributed by atoms with Crippen molar-refractivity contribution in [1.29, 1.82) is 0 Å². The maximum atomic E-state index is 11.7. The van der Waals surface area contributed by atoms with Gasteiger partial charge in [-0.05, 0) is 12.8 Å². The summed E-state index contributed by atoms with van der Waals surface area (Å²) in [5.41, 5.74) is -1.46. The zero-order chi connectivity index (χ0) is 15.1. The summed E-state index contributed by atoms with van der Waals surface area (Å²) in [6.07, 6.45) is 1.73. The van der Waals surface area contributed by atoms with Crippen molar-refractivity contribution >= 4 is 17.6 Å². The lowest BCUT2D eigenvalue weighted by atomic mass is 10.2. The molecule has 0 aliphatic rings. The van der Waals surface area contributed by atoms with E-state index in [2.05, 4.69) is 10.3 Å². The first-order valence-corrected chi connectivity index (χ1v) is 5.79. The number of nitrogens with one attached hydrogen (secondary N) is 2. The number of carboxylic acids is 1. The third-order valence-corrected chi connectivity index (χ3v) is 2.45. The molecule has 108 valence electrons. The summed E-state index contributed by atoms with van der Waals surface area (Å²) >= 11 is 0. The molecule has 0 atom stereocenters. The molecule has 0 aliphatic carbocycles. The second-order valence-corrected chi connectivity index (χ2v) is 3.96. The summed E-state index contributed by atoms with van der Waals surface area (Å²) in [4.78, 5) is 45.3. The zero-order valence-corrected chi connectivity index (χ0v) is 10.4. The molecule has 1 aromatic rings. The van der Waals surface area contributed by atoms with Crippen LogP contribution in [-0.4, -0.2) is 33.4 Å². The lowest BCUT2D eigenvalue weighted by Crippen LogP contribution is -2.30. The molecule has 0 radical (unpaired) electrons. The molecular formula is C11H13N3O6. The first-order valence-electron chi connectivity index (χ1n) is 5.79. The van der Waals surface area contributed by atoms with E-state index >= 15 is 0 Å². The second-order valence-electron chi connectivity index (χ2n) is 3.96. The summed E-state index contributed by atoms with van der Waals surface area (Å²) in [7, 11) is 0. The Balaban J connectivity index is 2.59. The number of nitrogens with zero attached hydrogens (tertiary/aromatic N) is 1. The number of hydrogen-bond acceptors (Lipinski definition) is 5. The van der Waals surface area contributed by atoms with E-state index in [1.807, 2.05) is 0 Å². The zero-order valence-electron chi connectivity index (χ0n) is 10.4. The monoisotopic (exact) mass is 283 g/mol. The summed E-state index contributed by atoms with van der Waals surface area (Å²) in [6, 6.07) is 0.894. The van der Waals surface area contributed by atoms with E-state index in [1.54, 1.807) is 0 Å². The highest BCUT2D eigenvalue weighted by atomic mass is 16.6. The Morgan fingerprint density at radius 3 is 2.70 bits per heavy atom. The van der Waals surface area contributed by atoms with Crippen LogP contribution in [0.15, 0.2) is 17.1 Å². The third-order valence-electron chi connectivity index (χ3n) is 2.45. The van der Waals surface area contributed by atoms with Crippen molar-refractivity contribution in [2.45, 2.75) is 19.3 Å². The van der Waals surface area contributed by atoms with E-state index in [0.717, 1.165) is 12.3 Å². The van der Waals surface area contributed by atoms with Gasteiger partial charge < -0.3 is 15.4 Å². The highest BCUT2D eigenvalue weighted by molar-refractivity contribution is 5.94. The topological polar surface area (TPSA) is 142 Å². The van der Waals surface area contributed by atoms with Crippen LogP contribution in [0.4, 0.5) is 5.69 Å². The van der Waals surface area contributed by atoms with E-state index in [4.69, 9.17) is 5.11 Å². The van der Waals surface area contributed by atoms with Crippen molar-refractivity contribution in [2.75, 3.05) is 6.54 Å². The molecule has 0 bridgehead atoms. The van der Waals surface area contributed by atoms with Crippen LogP contribution in [-0.2, 0) is 4.79 Å². The van der Waals surface area contributed by atoms with Crippen LogP contribution < -0.4 is 10.9 Å². The first kappa shape index (κ1) is 15.3. The highest BCUT2D eigenvalue weighted by Crippen LogP contribution is 2.08. The maximum absolute atomic E-state index is 11.7. The molecule has 20 heavy (non-hydrogen) atoms. The number of carbonyl (C=O) groups is 2. The molecule has 1 amide bonds. The van der Waals surface area contributed by atoms with Gasteiger partial charge in [-0.25, -0.2) is 0 Å². The predicted octanol–water partition coefficient (Wildman–Crippen LogP) is 0.268. The van der Waals surface area contributed by atoms with Crippen LogP contribution in [0.25, 0.3) is 0 Å². The molecular weight excluding hydrogens is 270 g/mol. The van der Waals surface area contributed by atoms with Crippen LogP contribution in [0.5, 0.6) is 0 Å². The molecule has 0 aliphatic heterocycles. The summed E-state index contributed by atoms with van der Waals surface area (Å²) in [5, 5.41) is 21.4. The fraction of sp³-hybridized carbons (Fsp3) is 0.364. The SMILES string of the molecule is O=C(O)CCCCNC(=O)c1cc([N+](=O)[O-])c[nH]c1=O. The predicted molar refractivity (Wildman–Crippen MR) is 67.5 cm³/mol. The normalized spacial score (nSPS) is 10.0. The highest BCUT2D eigenvalue weighted by Gasteiger charge is 2.15. The molecule has 0 aromatic carbocycles. The Morgan fingerprint density at radius 1 is 1.40 bits per heavy atom. The largest absolute Gasteiger partial charge is 0.481 e. The van der Waals surface area contributed by atoms with Gasteiger partial charge in [-0.1, -0.05) is 0 Å². The Kier molecular flexibility index (Phi) is 5.39. The van der Waals surface area contributed by atoms with E-state index in [-0.39, 0.29) is 24.2 Å². The summed E-state index contributed by atoms with van der Waals surface area (Å²) in [6.45, 7) is 0.189. The molecule has 9 nitrogen and oxygen atoms in total. The lowest BCUT2D eigenvalue weighted by Gasteiger charge is -2.03. The minimum absolute atomic E-state index is 0.00668. The first-order chi connectivity index (χ1) is 9.41. The fourth-order valence-corrected chi connectivity index (χ4v) is 1.44. The van der Waals surface area contributed by atoms with E-state index in [0.29, 0.717) is 12.8 Å². The van der Waals surface area contributed by atoms with Crippen LogP contribution >= 0.6 is 0 Å². The Morgan fingerprint density at radius 2 is 2.10 bits per heavy atom. The van der Waals surface area contributed by atoms with Gasteiger partial charge in [-0.2, -0.15) is 0 Å². The summed E-state index contributed by atoms with van der Waals surface area (Å²) < 4.78 is 0. The van der Waals surface area contributed by atoms with E-state index in [9.17, 15) is 24.5 Å². The van der Waals surface area contributed by atoms with Crippen molar-refractivity contribution in [3.05, 3.63) is 38.3 Å². The lowest BCUT2D eigenvalue weighted by molar-refractivity contribution is -0.385. The van der Waals surface area contributed by atoms with Crippen LogP contribution in [0, 0.1) is 10.1 Å². The van der Waals surface area contributed by atoms with Crippen LogP contribution in [0.2, 0.25) is 0 Å².